The summed E-state index contributed by atoms with van der Waals surface area (Å²) in [7, 11) is -3.61. The number of hydrogen-bond acceptors (Lipinski definition) is 2. The van der Waals surface area contributed by atoms with Crippen LogP contribution >= 0.6 is 27.5 Å². The van der Waals surface area contributed by atoms with E-state index in [1.54, 1.807) is 6.07 Å². The number of rotatable bonds is 4. The topological polar surface area (TPSA) is 46.2 Å². The van der Waals surface area contributed by atoms with E-state index in [2.05, 4.69) is 20.7 Å². The van der Waals surface area contributed by atoms with Gasteiger partial charge in [0.1, 0.15) is 0 Å². The number of benzene rings is 2. The molecule has 20 heavy (non-hydrogen) atoms. The number of hydrogen-bond donors (Lipinski definition) is 1. The van der Waals surface area contributed by atoms with Crippen molar-refractivity contribution < 1.29 is 8.42 Å². The van der Waals surface area contributed by atoms with Crippen molar-refractivity contribution in [3.8, 4) is 0 Å². The smallest absolute Gasteiger partial charge is 0.207 e. The third-order valence-corrected chi connectivity index (χ3v) is 5.58. The van der Waals surface area contributed by atoms with Gasteiger partial charge in [0.15, 0.2) is 0 Å². The molecule has 2 aromatic rings. The van der Waals surface area contributed by atoms with Crippen LogP contribution in [0.15, 0.2) is 51.8 Å². The molecule has 0 radical (unpaired) electrons. The second-order valence-corrected chi connectivity index (χ2v) is 7.34. The zero-order valence-electron chi connectivity index (χ0n) is 10.7. The Morgan fingerprint density at radius 3 is 2.50 bits per heavy atom. The van der Waals surface area contributed by atoms with Crippen LogP contribution in [0.25, 0.3) is 0 Å². The molecule has 2 aromatic carbocycles. The van der Waals surface area contributed by atoms with Crippen molar-refractivity contribution in [1.29, 1.82) is 0 Å². The van der Waals surface area contributed by atoms with Crippen molar-refractivity contribution in [2.24, 2.45) is 0 Å². The first-order valence-electron chi connectivity index (χ1n) is 5.89. The Morgan fingerprint density at radius 1 is 1.20 bits per heavy atom. The van der Waals surface area contributed by atoms with Crippen molar-refractivity contribution in [2.75, 3.05) is 0 Å². The van der Waals surface area contributed by atoms with Crippen LogP contribution in [0, 0.1) is 6.92 Å². The molecule has 0 amide bonds. The number of sulfonamides is 1. The lowest BCUT2D eigenvalue weighted by Crippen LogP contribution is -2.23. The molecule has 0 saturated carbocycles. The lowest BCUT2D eigenvalue weighted by molar-refractivity contribution is 0.581. The minimum atomic E-state index is -3.61. The third kappa shape index (κ3) is 3.61. The molecule has 0 aliphatic carbocycles. The molecule has 0 aliphatic heterocycles. The highest BCUT2D eigenvalue weighted by Gasteiger charge is 2.18. The van der Waals surface area contributed by atoms with E-state index >= 15 is 0 Å². The maximum absolute atomic E-state index is 12.3. The van der Waals surface area contributed by atoms with Gasteiger partial charge in [0.25, 0.3) is 0 Å². The predicted molar refractivity (Wildman–Crippen MR) is 84.4 cm³/mol. The van der Waals surface area contributed by atoms with E-state index in [0.29, 0.717) is 9.50 Å². The highest BCUT2D eigenvalue weighted by Crippen LogP contribution is 2.28. The molecular formula is C14H13BrClNO2S. The minimum Gasteiger partial charge on any atom is -0.207 e. The summed E-state index contributed by atoms with van der Waals surface area (Å²) in [5.74, 6) is 0. The standard InChI is InChI=1S/C14H13BrClNO2S/c1-10-7-12(15)14(8-13(10)16)20(18,19)17-9-11-5-3-2-4-6-11/h2-8,17H,9H2,1H3. The van der Waals surface area contributed by atoms with Gasteiger partial charge in [0, 0.05) is 16.0 Å². The van der Waals surface area contributed by atoms with Crippen LogP contribution in [0.4, 0.5) is 0 Å². The molecule has 2 rings (SSSR count). The van der Waals surface area contributed by atoms with Gasteiger partial charge >= 0.3 is 0 Å². The fourth-order valence-electron chi connectivity index (χ4n) is 1.69. The van der Waals surface area contributed by atoms with Gasteiger partial charge in [-0.05, 0) is 46.1 Å². The van der Waals surface area contributed by atoms with Crippen LogP contribution in [0.2, 0.25) is 5.02 Å². The largest absolute Gasteiger partial charge is 0.242 e. The molecular weight excluding hydrogens is 362 g/mol. The monoisotopic (exact) mass is 373 g/mol. The second kappa shape index (κ2) is 6.26. The first-order chi connectivity index (χ1) is 9.40. The van der Waals surface area contributed by atoms with Crippen LogP contribution in [0.1, 0.15) is 11.1 Å². The SMILES string of the molecule is Cc1cc(Br)c(S(=O)(=O)NCc2ccccc2)cc1Cl. The van der Waals surface area contributed by atoms with Crippen LogP contribution in [0.5, 0.6) is 0 Å². The maximum atomic E-state index is 12.3. The van der Waals surface area contributed by atoms with Crippen LogP contribution < -0.4 is 4.72 Å². The average Bonchev–Trinajstić information content (AvgIpc) is 2.42. The summed E-state index contributed by atoms with van der Waals surface area (Å²) < 4.78 is 27.6. The van der Waals surface area contributed by atoms with Crippen LogP contribution in [-0.2, 0) is 16.6 Å². The van der Waals surface area contributed by atoms with Gasteiger partial charge in [0.05, 0.1) is 4.90 Å². The predicted octanol–water partition coefficient (Wildman–Crippen LogP) is 3.89. The summed E-state index contributed by atoms with van der Waals surface area (Å²) in [6, 6.07) is 12.5. The van der Waals surface area contributed by atoms with E-state index in [1.807, 2.05) is 37.3 Å². The van der Waals surface area contributed by atoms with E-state index in [0.717, 1.165) is 11.1 Å². The lowest BCUT2D eigenvalue weighted by Gasteiger charge is -2.10. The normalized spacial score (nSPS) is 11.6. The molecule has 0 heterocycles. The number of nitrogens with one attached hydrogen (secondary N) is 1. The molecule has 3 nitrogen and oxygen atoms in total. The zero-order valence-corrected chi connectivity index (χ0v) is 13.9. The summed E-state index contributed by atoms with van der Waals surface area (Å²) in [6.07, 6.45) is 0. The Bertz CT molecular complexity index is 717. The molecule has 0 bridgehead atoms. The van der Waals surface area contributed by atoms with Gasteiger partial charge in [-0.1, -0.05) is 41.9 Å². The van der Waals surface area contributed by atoms with E-state index in [4.69, 9.17) is 11.6 Å². The van der Waals surface area contributed by atoms with Crippen LogP contribution in [-0.4, -0.2) is 8.42 Å². The third-order valence-electron chi connectivity index (χ3n) is 2.81. The fraction of sp³-hybridized carbons (Fsp3) is 0.143. The van der Waals surface area contributed by atoms with Gasteiger partial charge in [-0.2, -0.15) is 0 Å². The van der Waals surface area contributed by atoms with Crippen molar-refractivity contribution >= 4 is 37.6 Å². The average molecular weight is 375 g/mol. The molecule has 0 aliphatic rings. The number of aryl methyl sites for hydroxylation is 1. The first kappa shape index (κ1) is 15.5. The van der Waals surface area contributed by atoms with Gasteiger partial charge in [-0.25, -0.2) is 13.1 Å². The Morgan fingerprint density at radius 2 is 1.85 bits per heavy atom. The maximum Gasteiger partial charge on any atom is 0.242 e. The van der Waals surface area contributed by atoms with E-state index < -0.39 is 10.0 Å². The molecule has 0 spiro atoms. The fourth-order valence-corrected chi connectivity index (χ4v) is 4.11. The quantitative estimate of drug-likeness (QED) is 0.882. The summed E-state index contributed by atoms with van der Waals surface area (Å²) in [5, 5.41) is 0.424. The summed E-state index contributed by atoms with van der Waals surface area (Å²) >= 11 is 9.26. The lowest BCUT2D eigenvalue weighted by atomic mass is 10.2. The summed E-state index contributed by atoms with van der Waals surface area (Å²) in [6.45, 7) is 2.06. The molecule has 106 valence electrons. The van der Waals surface area contributed by atoms with E-state index in [-0.39, 0.29) is 11.4 Å². The Balaban J connectivity index is 2.25. The molecule has 0 unspecified atom stereocenters. The highest BCUT2D eigenvalue weighted by atomic mass is 79.9. The zero-order chi connectivity index (χ0) is 14.8. The molecule has 0 atom stereocenters. The number of halogens is 2. The summed E-state index contributed by atoms with van der Waals surface area (Å²) in [5.41, 5.74) is 1.71. The van der Waals surface area contributed by atoms with Crippen LogP contribution in [0.3, 0.4) is 0 Å². The Labute approximate surface area is 132 Å². The first-order valence-corrected chi connectivity index (χ1v) is 8.55. The van der Waals surface area contributed by atoms with E-state index in [9.17, 15) is 8.42 Å². The molecule has 1 N–H and O–H groups in total. The van der Waals surface area contributed by atoms with Gasteiger partial charge in [-0.3, -0.25) is 0 Å². The molecule has 0 saturated heterocycles. The minimum absolute atomic E-state index is 0.143. The molecule has 0 aromatic heterocycles. The Hall–Kier alpha value is -0.880. The van der Waals surface area contributed by atoms with E-state index in [1.165, 1.54) is 6.07 Å². The summed E-state index contributed by atoms with van der Waals surface area (Å²) in [4.78, 5) is 0.143. The molecule has 0 fully saturated rings. The Kier molecular flexibility index (Phi) is 4.86. The van der Waals surface area contributed by atoms with Gasteiger partial charge < -0.3 is 0 Å². The van der Waals surface area contributed by atoms with Crippen molar-refractivity contribution in [2.45, 2.75) is 18.4 Å². The van der Waals surface area contributed by atoms with Crippen molar-refractivity contribution in [3.05, 3.63) is 63.1 Å². The van der Waals surface area contributed by atoms with Crippen molar-refractivity contribution in [1.82, 2.24) is 4.72 Å². The van der Waals surface area contributed by atoms with Gasteiger partial charge in [0.2, 0.25) is 10.0 Å². The second-order valence-electron chi connectivity index (χ2n) is 4.34. The van der Waals surface area contributed by atoms with Gasteiger partial charge in [-0.15, -0.1) is 0 Å². The van der Waals surface area contributed by atoms with Crippen molar-refractivity contribution in [3.63, 3.8) is 0 Å². The molecule has 6 heteroatoms. The highest BCUT2D eigenvalue weighted by molar-refractivity contribution is 9.10.